The molecule has 2 saturated heterocycles. The molecule has 6 nitrogen and oxygen atoms in total. The molecule has 0 unspecified atom stereocenters. The van der Waals surface area contributed by atoms with E-state index in [2.05, 4.69) is 41.9 Å². The molecule has 0 radical (unpaired) electrons. The maximum Gasteiger partial charge on any atom is 0.241 e. The van der Waals surface area contributed by atoms with Gasteiger partial charge in [0.2, 0.25) is 15.9 Å². The molecule has 1 aromatic heterocycles. The first-order valence-corrected chi connectivity index (χ1v) is 12.0. The highest BCUT2D eigenvalue weighted by Crippen LogP contribution is 2.29. The van der Waals surface area contributed by atoms with Gasteiger partial charge in [-0.25, -0.2) is 8.42 Å². The Morgan fingerprint density at radius 1 is 1.14 bits per heavy atom. The average molecular weight is 404 g/mol. The second kappa shape index (κ2) is 7.52. The van der Waals surface area contributed by atoms with Gasteiger partial charge in [0.05, 0.1) is 6.26 Å². The molecule has 2 aliphatic heterocycles. The molecule has 4 rings (SSSR count). The van der Waals surface area contributed by atoms with Gasteiger partial charge < -0.3 is 9.47 Å². The second-order valence-corrected chi connectivity index (χ2v) is 10.1. The molecule has 1 aromatic carbocycles. The summed E-state index contributed by atoms with van der Waals surface area (Å²) in [6.07, 6.45) is 6.44. The smallest absolute Gasteiger partial charge is 0.241 e. The van der Waals surface area contributed by atoms with Gasteiger partial charge in [0.1, 0.15) is 6.04 Å². The lowest BCUT2D eigenvalue weighted by Gasteiger charge is -2.30. The van der Waals surface area contributed by atoms with Crippen molar-refractivity contribution < 1.29 is 13.2 Å². The monoisotopic (exact) mass is 403 g/mol. The summed E-state index contributed by atoms with van der Waals surface area (Å²) in [4.78, 5) is 15.1. The fourth-order valence-electron chi connectivity index (χ4n) is 4.90. The van der Waals surface area contributed by atoms with Gasteiger partial charge in [0, 0.05) is 37.4 Å². The zero-order chi connectivity index (χ0) is 19.9. The molecule has 2 atom stereocenters. The third-order valence-electron chi connectivity index (χ3n) is 6.36. The van der Waals surface area contributed by atoms with Gasteiger partial charge in [0.15, 0.2) is 0 Å². The van der Waals surface area contributed by atoms with Gasteiger partial charge in [-0.15, -0.1) is 0 Å². The first kappa shape index (κ1) is 19.5. The predicted molar refractivity (Wildman–Crippen MR) is 111 cm³/mol. The zero-order valence-electron chi connectivity index (χ0n) is 16.7. The molecule has 0 aliphatic carbocycles. The first-order chi connectivity index (χ1) is 13.4. The maximum atomic E-state index is 13.1. The third-order valence-corrected chi connectivity index (χ3v) is 7.65. The van der Waals surface area contributed by atoms with Gasteiger partial charge in [-0.05, 0) is 56.0 Å². The minimum Gasteiger partial charge on any atom is -0.348 e. The normalized spacial score (nSPS) is 23.7. The molecular formula is C21H29N3O3S. The van der Waals surface area contributed by atoms with Gasteiger partial charge in [0.25, 0.3) is 0 Å². The number of para-hydroxylation sites is 1. The molecule has 152 valence electrons. The van der Waals surface area contributed by atoms with E-state index >= 15 is 0 Å². The molecule has 2 aromatic rings. The van der Waals surface area contributed by atoms with E-state index in [1.807, 2.05) is 4.90 Å². The van der Waals surface area contributed by atoms with Crippen molar-refractivity contribution >= 4 is 26.8 Å². The number of amides is 1. The van der Waals surface area contributed by atoms with Crippen molar-refractivity contribution in [1.82, 2.24) is 13.8 Å². The summed E-state index contributed by atoms with van der Waals surface area (Å²) >= 11 is 0. The number of nitrogens with zero attached hydrogens (tertiary/aromatic N) is 3. The van der Waals surface area contributed by atoms with Crippen LogP contribution in [0.15, 0.2) is 30.3 Å². The first-order valence-electron chi connectivity index (χ1n) is 10.2. The minimum absolute atomic E-state index is 0.00228. The Morgan fingerprint density at radius 3 is 2.64 bits per heavy atom. The number of likely N-dealkylation sites (tertiary alicyclic amines) is 1. The summed E-state index contributed by atoms with van der Waals surface area (Å²) in [5.41, 5.74) is 2.51. The largest absolute Gasteiger partial charge is 0.348 e. The molecular weight excluding hydrogens is 374 g/mol. The highest BCUT2D eigenvalue weighted by Gasteiger charge is 2.41. The van der Waals surface area contributed by atoms with Gasteiger partial charge >= 0.3 is 0 Å². The van der Waals surface area contributed by atoms with Crippen molar-refractivity contribution in [3.8, 4) is 0 Å². The fourth-order valence-corrected chi connectivity index (χ4v) is 6.02. The maximum absolute atomic E-state index is 13.1. The van der Waals surface area contributed by atoms with E-state index in [-0.39, 0.29) is 11.9 Å². The fraction of sp³-hybridized carbons (Fsp3) is 0.571. The van der Waals surface area contributed by atoms with E-state index in [0.29, 0.717) is 13.0 Å². The van der Waals surface area contributed by atoms with Gasteiger partial charge in [-0.3, -0.25) is 4.79 Å². The van der Waals surface area contributed by atoms with Crippen LogP contribution in [0.1, 0.15) is 37.8 Å². The summed E-state index contributed by atoms with van der Waals surface area (Å²) in [7, 11) is -1.24. The lowest BCUT2D eigenvalue weighted by Crippen LogP contribution is -2.49. The lowest BCUT2D eigenvalue weighted by atomic mass is 10.1. The summed E-state index contributed by atoms with van der Waals surface area (Å²) in [6, 6.07) is 10.3. The number of benzene rings is 1. The van der Waals surface area contributed by atoms with Crippen molar-refractivity contribution in [2.24, 2.45) is 7.05 Å². The standard InChI is InChI=1S/C21H29N3O3S/c1-22-18(15-16-7-3-4-9-19(16)22)12-11-17-8-5-13-23(17)21(25)20-10-6-14-24(20)28(2,26)27/h3-4,7,9,15,17,20H,5-6,8,10-14H2,1-2H3/t17-,20+/m0/s1. The summed E-state index contributed by atoms with van der Waals surface area (Å²) in [5, 5.41) is 1.24. The third kappa shape index (κ3) is 3.57. The lowest BCUT2D eigenvalue weighted by molar-refractivity contribution is -0.135. The molecule has 0 saturated carbocycles. The number of carbonyl (C=O) groups excluding carboxylic acids is 1. The molecule has 28 heavy (non-hydrogen) atoms. The molecule has 0 N–H and O–H groups in total. The Hall–Kier alpha value is -1.86. The number of carbonyl (C=O) groups is 1. The Morgan fingerprint density at radius 2 is 1.89 bits per heavy atom. The predicted octanol–water partition coefficient (Wildman–Crippen LogP) is 2.53. The Kier molecular flexibility index (Phi) is 5.22. The average Bonchev–Trinajstić information content (AvgIpc) is 3.38. The number of aryl methyl sites for hydroxylation is 2. The van der Waals surface area contributed by atoms with Crippen LogP contribution in [-0.2, 0) is 28.3 Å². The number of hydrogen-bond donors (Lipinski definition) is 0. The van der Waals surface area contributed by atoms with Crippen LogP contribution in [0.3, 0.4) is 0 Å². The van der Waals surface area contributed by atoms with Crippen molar-refractivity contribution in [3.05, 3.63) is 36.0 Å². The Bertz CT molecular complexity index is 982. The zero-order valence-corrected chi connectivity index (χ0v) is 17.5. The van der Waals surface area contributed by atoms with E-state index < -0.39 is 16.1 Å². The number of sulfonamides is 1. The van der Waals surface area contributed by atoms with Crippen LogP contribution in [0.25, 0.3) is 10.9 Å². The Balaban J connectivity index is 1.46. The van der Waals surface area contributed by atoms with Crippen LogP contribution in [0.5, 0.6) is 0 Å². The number of aromatic nitrogens is 1. The number of hydrogen-bond acceptors (Lipinski definition) is 3. The summed E-state index contributed by atoms with van der Waals surface area (Å²) in [6.45, 7) is 1.20. The van der Waals surface area contributed by atoms with Crippen LogP contribution in [0.4, 0.5) is 0 Å². The van der Waals surface area contributed by atoms with Crippen LogP contribution in [0, 0.1) is 0 Å². The van der Waals surface area contributed by atoms with E-state index in [0.717, 1.165) is 38.6 Å². The second-order valence-electron chi connectivity index (χ2n) is 8.15. The minimum atomic E-state index is -3.34. The molecule has 0 spiro atoms. The van der Waals surface area contributed by atoms with Crippen molar-refractivity contribution in [1.29, 1.82) is 0 Å². The van der Waals surface area contributed by atoms with Crippen LogP contribution in [0.2, 0.25) is 0 Å². The number of fused-ring (bicyclic) bond motifs is 1. The van der Waals surface area contributed by atoms with Crippen LogP contribution in [-0.4, -0.2) is 59.5 Å². The van der Waals surface area contributed by atoms with E-state index in [1.54, 1.807) is 0 Å². The number of rotatable bonds is 5. The molecule has 2 fully saturated rings. The van der Waals surface area contributed by atoms with Crippen LogP contribution < -0.4 is 0 Å². The molecule has 3 heterocycles. The Labute approximate surface area is 167 Å². The molecule has 2 aliphatic rings. The van der Waals surface area contributed by atoms with Crippen molar-refractivity contribution in [3.63, 3.8) is 0 Å². The van der Waals surface area contributed by atoms with Crippen LogP contribution >= 0.6 is 0 Å². The van der Waals surface area contributed by atoms with Gasteiger partial charge in [-0.2, -0.15) is 4.31 Å². The molecule has 1 amide bonds. The van der Waals surface area contributed by atoms with E-state index in [1.165, 1.54) is 27.2 Å². The van der Waals surface area contributed by atoms with E-state index in [4.69, 9.17) is 0 Å². The SMILES string of the molecule is Cn1c(CC[C@@H]2CCCN2C(=O)[C@H]2CCCN2S(C)(=O)=O)cc2ccccc21. The van der Waals surface area contributed by atoms with Gasteiger partial charge in [-0.1, -0.05) is 18.2 Å². The topological polar surface area (TPSA) is 62.6 Å². The highest BCUT2D eigenvalue weighted by atomic mass is 32.2. The van der Waals surface area contributed by atoms with E-state index in [9.17, 15) is 13.2 Å². The molecule has 0 bridgehead atoms. The molecule has 7 heteroatoms. The quantitative estimate of drug-likeness (QED) is 0.771. The highest BCUT2D eigenvalue weighted by molar-refractivity contribution is 7.88. The summed E-state index contributed by atoms with van der Waals surface area (Å²) in [5.74, 6) is 0.00228. The van der Waals surface area contributed by atoms with Crippen molar-refractivity contribution in [2.75, 3.05) is 19.3 Å². The summed E-state index contributed by atoms with van der Waals surface area (Å²) < 4.78 is 27.7. The van der Waals surface area contributed by atoms with Crippen molar-refractivity contribution in [2.45, 2.75) is 50.6 Å².